The highest BCUT2D eigenvalue weighted by Gasteiger charge is 2.18. The summed E-state index contributed by atoms with van der Waals surface area (Å²) in [5.74, 6) is 0. The van der Waals surface area contributed by atoms with Gasteiger partial charge in [0, 0.05) is 18.9 Å². The molecule has 8 heteroatoms. The molecular formula is C10H8BrClN2O2S2. The molecule has 0 fully saturated rings. The van der Waals surface area contributed by atoms with E-state index in [1.54, 1.807) is 24.5 Å². The fraction of sp³-hybridized carbons (Fsp3) is 0.100. The van der Waals surface area contributed by atoms with Gasteiger partial charge in [0.25, 0.3) is 0 Å². The fourth-order valence-corrected chi connectivity index (χ4v) is 4.67. The van der Waals surface area contributed by atoms with Gasteiger partial charge in [0.1, 0.15) is 4.21 Å². The van der Waals surface area contributed by atoms with Gasteiger partial charge in [-0.2, -0.15) is 0 Å². The minimum atomic E-state index is -3.53. The molecule has 0 atom stereocenters. The van der Waals surface area contributed by atoms with Crippen molar-refractivity contribution in [3.05, 3.63) is 45.0 Å². The van der Waals surface area contributed by atoms with E-state index in [2.05, 4.69) is 25.6 Å². The van der Waals surface area contributed by atoms with E-state index in [4.69, 9.17) is 11.6 Å². The Hall–Kier alpha value is -0.470. The third kappa shape index (κ3) is 3.30. The summed E-state index contributed by atoms with van der Waals surface area (Å²) < 4.78 is 27.3. The molecule has 4 nitrogen and oxygen atoms in total. The van der Waals surface area contributed by atoms with Crippen LogP contribution in [0.25, 0.3) is 0 Å². The number of nitrogens with one attached hydrogen (secondary N) is 1. The van der Waals surface area contributed by atoms with Crippen LogP contribution in [0, 0.1) is 0 Å². The molecule has 0 amide bonds. The van der Waals surface area contributed by atoms with E-state index >= 15 is 0 Å². The molecule has 1 N–H and O–H groups in total. The molecule has 2 rings (SSSR count). The average molecular weight is 368 g/mol. The average Bonchev–Trinajstić information content (AvgIpc) is 2.70. The Morgan fingerprint density at radius 3 is 2.61 bits per heavy atom. The van der Waals surface area contributed by atoms with Crippen LogP contribution in [0.5, 0.6) is 0 Å². The molecule has 2 aromatic heterocycles. The number of thiophene rings is 1. The maximum Gasteiger partial charge on any atom is 0.250 e. The van der Waals surface area contributed by atoms with Crippen molar-refractivity contribution >= 4 is 48.9 Å². The van der Waals surface area contributed by atoms with Crippen LogP contribution in [-0.4, -0.2) is 13.4 Å². The molecular weight excluding hydrogens is 360 g/mol. The molecule has 0 aliphatic heterocycles. The largest absolute Gasteiger partial charge is 0.265 e. The Morgan fingerprint density at radius 1 is 1.39 bits per heavy atom. The van der Waals surface area contributed by atoms with Gasteiger partial charge in [-0.1, -0.05) is 11.6 Å². The van der Waals surface area contributed by atoms with Crippen molar-refractivity contribution in [3.8, 4) is 0 Å². The number of sulfonamides is 1. The van der Waals surface area contributed by atoms with Crippen molar-refractivity contribution in [1.29, 1.82) is 0 Å². The van der Waals surface area contributed by atoms with E-state index in [-0.39, 0.29) is 10.8 Å². The van der Waals surface area contributed by atoms with Crippen molar-refractivity contribution in [3.63, 3.8) is 0 Å². The highest BCUT2D eigenvalue weighted by Crippen LogP contribution is 2.34. The maximum atomic E-state index is 12.0. The minimum absolute atomic E-state index is 0.188. The van der Waals surface area contributed by atoms with Gasteiger partial charge in [-0.3, -0.25) is 4.98 Å². The molecule has 18 heavy (non-hydrogen) atoms. The highest BCUT2D eigenvalue weighted by atomic mass is 79.9. The number of rotatable bonds is 4. The highest BCUT2D eigenvalue weighted by molar-refractivity contribution is 9.11. The van der Waals surface area contributed by atoms with E-state index in [1.807, 2.05) is 0 Å². The third-order valence-corrected chi connectivity index (χ3v) is 6.45. The topological polar surface area (TPSA) is 59.1 Å². The van der Waals surface area contributed by atoms with E-state index in [1.165, 1.54) is 6.07 Å². The molecule has 0 saturated heterocycles. The number of nitrogens with zero attached hydrogens (tertiary/aromatic N) is 1. The standard InChI is InChI=1S/C10H8BrClN2O2S2/c11-10-8(12)5-9(17-10)18(15,16)14-6-7-1-3-13-4-2-7/h1-5,14H,6H2. The summed E-state index contributed by atoms with van der Waals surface area (Å²) in [6, 6.07) is 4.92. The van der Waals surface area contributed by atoms with E-state index < -0.39 is 10.0 Å². The molecule has 0 unspecified atom stereocenters. The van der Waals surface area contributed by atoms with Crippen molar-refractivity contribution < 1.29 is 8.42 Å². The summed E-state index contributed by atoms with van der Waals surface area (Å²) in [5, 5.41) is 0.393. The van der Waals surface area contributed by atoms with E-state index in [0.717, 1.165) is 16.9 Å². The number of hydrogen-bond acceptors (Lipinski definition) is 4. The number of hydrogen-bond donors (Lipinski definition) is 1. The maximum absolute atomic E-state index is 12.0. The van der Waals surface area contributed by atoms with Crippen LogP contribution in [0.15, 0.2) is 38.6 Å². The smallest absolute Gasteiger partial charge is 0.250 e. The zero-order chi connectivity index (χ0) is 13.2. The summed E-state index contributed by atoms with van der Waals surface area (Å²) in [4.78, 5) is 3.86. The zero-order valence-electron chi connectivity index (χ0n) is 8.93. The molecule has 96 valence electrons. The Morgan fingerprint density at radius 2 is 2.06 bits per heavy atom. The molecule has 0 radical (unpaired) electrons. The van der Waals surface area contributed by atoms with Crippen molar-refractivity contribution in [2.75, 3.05) is 0 Å². The number of pyridine rings is 1. The second kappa shape index (κ2) is 5.66. The van der Waals surface area contributed by atoms with Crippen molar-refractivity contribution in [2.24, 2.45) is 0 Å². The molecule has 2 heterocycles. The van der Waals surface area contributed by atoms with Crippen molar-refractivity contribution in [1.82, 2.24) is 9.71 Å². The van der Waals surface area contributed by atoms with Crippen LogP contribution < -0.4 is 4.72 Å². The molecule has 0 aliphatic rings. The van der Waals surface area contributed by atoms with E-state index in [9.17, 15) is 8.42 Å². The van der Waals surface area contributed by atoms with Gasteiger partial charge in [0.2, 0.25) is 10.0 Å². The zero-order valence-corrected chi connectivity index (χ0v) is 12.9. The van der Waals surface area contributed by atoms with Gasteiger partial charge in [-0.15, -0.1) is 11.3 Å². The van der Waals surface area contributed by atoms with Gasteiger partial charge in [0.15, 0.2) is 0 Å². The molecule has 0 bridgehead atoms. The Bertz CT molecular complexity index is 624. The van der Waals surface area contributed by atoms with Gasteiger partial charge in [0.05, 0.1) is 8.81 Å². The van der Waals surface area contributed by atoms with E-state index in [0.29, 0.717) is 8.81 Å². The monoisotopic (exact) mass is 366 g/mol. The Balaban J connectivity index is 2.13. The first kappa shape index (κ1) is 14.0. The molecule has 0 aromatic carbocycles. The normalized spacial score (nSPS) is 11.7. The van der Waals surface area contributed by atoms with Gasteiger partial charge >= 0.3 is 0 Å². The quantitative estimate of drug-likeness (QED) is 0.903. The van der Waals surface area contributed by atoms with Gasteiger partial charge < -0.3 is 0 Å². The predicted octanol–water partition coefficient (Wildman–Crippen LogP) is 3.04. The first-order valence-corrected chi connectivity index (χ1v) is 8.29. The second-order valence-corrected chi connectivity index (χ2v) is 8.14. The van der Waals surface area contributed by atoms with Gasteiger partial charge in [-0.05, 0) is 39.7 Å². The Kier molecular flexibility index (Phi) is 4.39. The number of aromatic nitrogens is 1. The fourth-order valence-electron chi connectivity index (χ4n) is 1.21. The molecule has 0 saturated carbocycles. The van der Waals surface area contributed by atoms with Crippen LogP contribution in [0.2, 0.25) is 5.02 Å². The molecule has 0 spiro atoms. The summed E-state index contributed by atoms with van der Waals surface area (Å²) >= 11 is 10.1. The van der Waals surface area contributed by atoms with Gasteiger partial charge in [-0.25, -0.2) is 13.1 Å². The van der Waals surface area contributed by atoms with Crippen LogP contribution in [-0.2, 0) is 16.6 Å². The lowest BCUT2D eigenvalue weighted by molar-refractivity contribution is 0.583. The third-order valence-electron chi connectivity index (χ3n) is 2.10. The first-order chi connectivity index (χ1) is 8.49. The minimum Gasteiger partial charge on any atom is -0.265 e. The lowest BCUT2D eigenvalue weighted by Crippen LogP contribution is -2.22. The van der Waals surface area contributed by atoms with Crippen molar-refractivity contribution in [2.45, 2.75) is 10.8 Å². The number of halogens is 2. The lowest BCUT2D eigenvalue weighted by atomic mass is 10.3. The molecule has 2 aromatic rings. The van der Waals surface area contributed by atoms with Crippen LogP contribution in [0.1, 0.15) is 5.56 Å². The first-order valence-electron chi connectivity index (χ1n) is 4.82. The summed E-state index contributed by atoms with van der Waals surface area (Å²) in [7, 11) is -3.53. The van der Waals surface area contributed by atoms with Crippen LogP contribution >= 0.6 is 38.9 Å². The summed E-state index contributed by atoms with van der Waals surface area (Å²) in [6.07, 6.45) is 3.23. The summed E-state index contributed by atoms with van der Waals surface area (Å²) in [6.45, 7) is 0.220. The molecule has 0 aliphatic carbocycles. The second-order valence-electron chi connectivity index (χ2n) is 3.37. The Labute approximate surface area is 122 Å². The van der Waals surface area contributed by atoms with Crippen LogP contribution in [0.4, 0.5) is 0 Å². The SMILES string of the molecule is O=S(=O)(NCc1ccncc1)c1cc(Cl)c(Br)s1. The van der Waals surface area contributed by atoms with Crippen LogP contribution in [0.3, 0.4) is 0 Å². The summed E-state index contributed by atoms with van der Waals surface area (Å²) in [5.41, 5.74) is 0.843. The predicted molar refractivity (Wildman–Crippen MR) is 75.3 cm³/mol. The lowest BCUT2D eigenvalue weighted by Gasteiger charge is -2.04.